The molecule has 2 aromatic rings. The van der Waals surface area contributed by atoms with Crippen molar-refractivity contribution in [2.75, 3.05) is 5.43 Å². The minimum absolute atomic E-state index is 0.0274. The largest absolute Gasteiger partial charge is 0.307 e. The van der Waals surface area contributed by atoms with Crippen LogP contribution in [0.4, 0.5) is 5.82 Å². The number of nitrogens with one attached hydrogen (secondary N) is 2. The Morgan fingerprint density at radius 1 is 1.42 bits per heavy atom. The number of hydrogen-bond donors (Lipinski definition) is 3. The van der Waals surface area contributed by atoms with Crippen LogP contribution in [0.3, 0.4) is 0 Å². The zero-order chi connectivity index (χ0) is 13.9. The summed E-state index contributed by atoms with van der Waals surface area (Å²) < 4.78 is 27.1. The number of nitrogens with two attached hydrogens (primary N) is 1. The summed E-state index contributed by atoms with van der Waals surface area (Å²) in [5.74, 6) is 5.39. The van der Waals surface area contributed by atoms with Crippen LogP contribution in [-0.2, 0) is 10.0 Å². The molecule has 4 N–H and O–H groups in total. The van der Waals surface area contributed by atoms with E-state index in [9.17, 15) is 8.42 Å². The number of anilines is 1. The van der Waals surface area contributed by atoms with E-state index in [1.165, 1.54) is 23.6 Å². The van der Waals surface area contributed by atoms with Crippen LogP contribution < -0.4 is 16.0 Å². The summed E-state index contributed by atoms with van der Waals surface area (Å²) in [7, 11) is -3.68. The van der Waals surface area contributed by atoms with Crippen molar-refractivity contribution >= 4 is 27.2 Å². The van der Waals surface area contributed by atoms with Gasteiger partial charge in [0.2, 0.25) is 10.0 Å². The number of aromatic nitrogens is 1. The molecule has 0 aliphatic rings. The number of thiophene rings is 1. The molecular formula is C11H14N4O2S2. The van der Waals surface area contributed by atoms with Gasteiger partial charge in [-0.05, 0) is 41.4 Å². The Morgan fingerprint density at radius 2 is 2.21 bits per heavy atom. The van der Waals surface area contributed by atoms with E-state index < -0.39 is 10.0 Å². The second kappa shape index (κ2) is 5.66. The topological polar surface area (TPSA) is 97.1 Å². The van der Waals surface area contributed by atoms with Gasteiger partial charge in [-0.15, -0.1) is 0 Å². The zero-order valence-electron chi connectivity index (χ0n) is 10.2. The minimum atomic E-state index is -3.68. The van der Waals surface area contributed by atoms with Crippen molar-refractivity contribution in [1.82, 2.24) is 9.71 Å². The summed E-state index contributed by atoms with van der Waals surface area (Å²) in [5, 5.41) is 3.80. The Kier molecular flexibility index (Phi) is 4.15. The first-order valence-corrected chi connectivity index (χ1v) is 7.93. The maximum atomic E-state index is 12.3. The molecule has 0 saturated carbocycles. The molecule has 2 heterocycles. The van der Waals surface area contributed by atoms with Crippen molar-refractivity contribution in [3.05, 3.63) is 40.7 Å². The Balaban J connectivity index is 2.28. The molecule has 6 nitrogen and oxygen atoms in total. The number of pyridine rings is 1. The van der Waals surface area contributed by atoms with E-state index in [1.807, 2.05) is 16.8 Å². The van der Waals surface area contributed by atoms with Crippen molar-refractivity contribution < 1.29 is 8.42 Å². The molecule has 0 fully saturated rings. The molecule has 19 heavy (non-hydrogen) atoms. The Labute approximate surface area is 115 Å². The fourth-order valence-electron chi connectivity index (χ4n) is 1.60. The lowest BCUT2D eigenvalue weighted by atomic mass is 10.2. The van der Waals surface area contributed by atoms with Gasteiger partial charge in [0.1, 0.15) is 4.90 Å². The van der Waals surface area contributed by atoms with Gasteiger partial charge in [0.15, 0.2) is 5.82 Å². The van der Waals surface area contributed by atoms with E-state index in [2.05, 4.69) is 15.1 Å². The van der Waals surface area contributed by atoms with Gasteiger partial charge in [0.05, 0.1) is 0 Å². The number of rotatable bonds is 5. The van der Waals surface area contributed by atoms with E-state index in [-0.39, 0.29) is 16.8 Å². The quantitative estimate of drug-likeness (QED) is 0.573. The van der Waals surface area contributed by atoms with Gasteiger partial charge < -0.3 is 5.43 Å². The third-order valence-corrected chi connectivity index (χ3v) is 4.85. The Bertz CT molecular complexity index is 640. The molecule has 1 unspecified atom stereocenters. The molecule has 8 heteroatoms. The number of sulfonamides is 1. The first-order valence-electron chi connectivity index (χ1n) is 5.50. The molecule has 102 valence electrons. The van der Waals surface area contributed by atoms with Crippen LogP contribution in [0.1, 0.15) is 18.5 Å². The van der Waals surface area contributed by atoms with Crippen LogP contribution in [0.25, 0.3) is 0 Å². The molecule has 2 aromatic heterocycles. The standard InChI is InChI=1S/C11H14N4O2S2/c1-8(9-4-6-18-7-9)15-19(16,17)10-3-2-5-13-11(10)14-12/h2-8,15H,12H2,1H3,(H,13,14). The maximum Gasteiger partial charge on any atom is 0.244 e. The third kappa shape index (κ3) is 3.10. The van der Waals surface area contributed by atoms with Gasteiger partial charge in [-0.1, -0.05) is 0 Å². The van der Waals surface area contributed by atoms with Crippen LogP contribution in [-0.4, -0.2) is 13.4 Å². The first-order chi connectivity index (χ1) is 9.04. The highest BCUT2D eigenvalue weighted by Crippen LogP contribution is 2.21. The van der Waals surface area contributed by atoms with Crippen molar-refractivity contribution in [1.29, 1.82) is 0 Å². The van der Waals surface area contributed by atoms with Crippen LogP contribution in [0.2, 0.25) is 0 Å². The van der Waals surface area contributed by atoms with Gasteiger partial charge in [-0.3, -0.25) is 0 Å². The Hall–Kier alpha value is -1.48. The molecule has 0 aliphatic heterocycles. The lowest BCUT2D eigenvalue weighted by molar-refractivity contribution is 0.567. The van der Waals surface area contributed by atoms with Crippen molar-refractivity contribution in [3.63, 3.8) is 0 Å². The lowest BCUT2D eigenvalue weighted by Crippen LogP contribution is -2.28. The van der Waals surface area contributed by atoms with Crippen LogP contribution in [0.5, 0.6) is 0 Å². The molecule has 0 aliphatic carbocycles. The zero-order valence-corrected chi connectivity index (χ0v) is 11.8. The monoisotopic (exact) mass is 298 g/mol. The van der Waals surface area contributed by atoms with Gasteiger partial charge in [0.25, 0.3) is 0 Å². The van der Waals surface area contributed by atoms with Crippen LogP contribution >= 0.6 is 11.3 Å². The smallest absolute Gasteiger partial charge is 0.244 e. The van der Waals surface area contributed by atoms with Crippen molar-refractivity contribution in [3.8, 4) is 0 Å². The van der Waals surface area contributed by atoms with Crippen LogP contribution in [0.15, 0.2) is 40.1 Å². The highest BCUT2D eigenvalue weighted by atomic mass is 32.2. The molecule has 0 saturated heterocycles. The number of nitrogens with zero attached hydrogens (tertiary/aromatic N) is 1. The van der Waals surface area contributed by atoms with E-state index in [0.717, 1.165) is 5.56 Å². The molecular weight excluding hydrogens is 284 g/mol. The maximum absolute atomic E-state index is 12.3. The number of nitrogen functional groups attached to an aromatic ring is 1. The summed E-state index contributed by atoms with van der Waals surface area (Å²) in [6.45, 7) is 1.78. The fourth-order valence-corrected chi connectivity index (χ4v) is 3.71. The SMILES string of the molecule is CC(NS(=O)(=O)c1cccnc1NN)c1ccsc1. The van der Waals surface area contributed by atoms with Gasteiger partial charge in [-0.2, -0.15) is 11.3 Å². The molecule has 1 atom stereocenters. The predicted molar refractivity (Wildman–Crippen MR) is 75.1 cm³/mol. The van der Waals surface area contributed by atoms with Crippen molar-refractivity contribution in [2.24, 2.45) is 5.84 Å². The molecule has 0 amide bonds. The molecule has 0 bridgehead atoms. The van der Waals surface area contributed by atoms with E-state index in [0.29, 0.717) is 0 Å². The van der Waals surface area contributed by atoms with E-state index in [1.54, 1.807) is 13.0 Å². The summed E-state index contributed by atoms with van der Waals surface area (Å²) >= 11 is 1.52. The second-order valence-electron chi connectivity index (χ2n) is 3.89. The molecule has 0 aromatic carbocycles. The molecule has 0 radical (unpaired) electrons. The van der Waals surface area contributed by atoms with Gasteiger partial charge in [-0.25, -0.2) is 24.0 Å². The van der Waals surface area contributed by atoms with Crippen molar-refractivity contribution in [2.45, 2.75) is 17.9 Å². The van der Waals surface area contributed by atoms with E-state index in [4.69, 9.17) is 5.84 Å². The second-order valence-corrected chi connectivity index (χ2v) is 6.36. The summed E-state index contributed by atoms with van der Waals surface area (Å²) in [6.07, 6.45) is 1.47. The Morgan fingerprint density at radius 3 is 2.84 bits per heavy atom. The normalized spacial score (nSPS) is 13.2. The summed E-state index contributed by atoms with van der Waals surface area (Å²) in [4.78, 5) is 3.91. The highest BCUT2D eigenvalue weighted by Gasteiger charge is 2.22. The fraction of sp³-hybridized carbons (Fsp3) is 0.182. The third-order valence-electron chi connectivity index (χ3n) is 2.57. The minimum Gasteiger partial charge on any atom is -0.307 e. The average molecular weight is 298 g/mol. The number of hydrogen-bond acceptors (Lipinski definition) is 6. The van der Waals surface area contributed by atoms with Crippen LogP contribution in [0, 0.1) is 0 Å². The molecule has 2 rings (SSSR count). The highest BCUT2D eigenvalue weighted by molar-refractivity contribution is 7.89. The van der Waals surface area contributed by atoms with Gasteiger partial charge >= 0.3 is 0 Å². The predicted octanol–water partition coefficient (Wildman–Crippen LogP) is 1.47. The summed E-state index contributed by atoms with van der Waals surface area (Å²) in [5.41, 5.74) is 3.20. The van der Waals surface area contributed by atoms with E-state index >= 15 is 0 Å². The lowest BCUT2D eigenvalue weighted by Gasteiger charge is -2.14. The average Bonchev–Trinajstić information content (AvgIpc) is 2.92. The number of hydrazine groups is 1. The first kappa shape index (κ1) is 13.9. The summed E-state index contributed by atoms with van der Waals surface area (Å²) in [6, 6.07) is 4.56. The van der Waals surface area contributed by atoms with Gasteiger partial charge in [0, 0.05) is 12.2 Å². The molecule has 0 spiro atoms.